The molecule has 1 aromatic carbocycles. The van der Waals surface area contributed by atoms with Crippen LogP contribution in [-0.4, -0.2) is 6.71 Å². The van der Waals surface area contributed by atoms with E-state index in [2.05, 4.69) is 30.3 Å². The molecule has 0 N–H and O–H groups in total. The topological polar surface area (TPSA) is 0 Å². The summed E-state index contributed by atoms with van der Waals surface area (Å²) in [6.45, 7) is 0.895. The smallest absolute Gasteiger partial charge is 0.0795 e. The number of benzene rings is 1. The maximum absolute atomic E-state index is 2.33. The average molecular weight is 212 g/mol. The highest BCUT2D eigenvalue weighted by atomic mass is 14.4. The third kappa shape index (κ3) is 1.92. The molecular formula is C15H21B. The van der Waals surface area contributed by atoms with E-state index in [1.807, 2.05) is 0 Å². The van der Waals surface area contributed by atoms with E-state index in [9.17, 15) is 0 Å². The molecule has 0 amide bonds. The minimum absolute atomic E-state index is 0.724. The Morgan fingerprint density at radius 2 is 1.44 bits per heavy atom. The van der Waals surface area contributed by atoms with Crippen molar-refractivity contribution >= 4 is 12.2 Å². The summed E-state index contributed by atoms with van der Waals surface area (Å²) in [6, 6.07) is 11.2. The summed E-state index contributed by atoms with van der Waals surface area (Å²) in [5.41, 5.74) is 1.60. The predicted octanol–water partition coefficient (Wildman–Crippen LogP) is 3.89. The van der Waals surface area contributed by atoms with Crippen LogP contribution in [0.4, 0.5) is 0 Å². The Morgan fingerprint density at radius 1 is 0.812 bits per heavy atom. The Hall–Kier alpha value is -0.715. The van der Waals surface area contributed by atoms with Crippen LogP contribution >= 0.6 is 0 Å². The van der Waals surface area contributed by atoms with Gasteiger partial charge in [0.2, 0.25) is 0 Å². The number of hydrogen-bond donors (Lipinski definition) is 0. The van der Waals surface area contributed by atoms with Crippen molar-refractivity contribution in [2.75, 3.05) is 0 Å². The van der Waals surface area contributed by atoms with E-state index in [-0.39, 0.29) is 0 Å². The van der Waals surface area contributed by atoms with Gasteiger partial charge >= 0.3 is 0 Å². The van der Waals surface area contributed by atoms with Crippen molar-refractivity contribution in [2.24, 2.45) is 0 Å². The van der Waals surface area contributed by atoms with Crippen molar-refractivity contribution in [3.63, 3.8) is 0 Å². The maximum atomic E-state index is 2.33. The van der Waals surface area contributed by atoms with Crippen LogP contribution in [0, 0.1) is 0 Å². The molecule has 0 nitrogen and oxygen atoms in total. The van der Waals surface area contributed by atoms with Crippen molar-refractivity contribution in [2.45, 2.75) is 56.6 Å². The standard InChI is InChI=1S/C15H21B/c1-2-7-11-15(12-8-3-1)13-16(15)14-9-5-4-6-10-14/h4-6,9-10H,1-3,7-8,11-13H2. The van der Waals surface area contributed by atoms with E-state index >= 15 is 0 Å². The van der Waals surface area contributed by atoms with Gasteiger partial charge in [-0.15, -0.1) is 0 Å². The second-order valence-corrected chi connectivity index (χ2v) is 5.80. The molecule has 0 radical (unpaired) electrons. The predicted molar refractivity (Wildman–Crippen MR) is 71.6 cm³/mol. The third-order valence-corrected chi connectivity index (χ3v) is 4.74. The molecule has 1 saturated heterocycles. The zero-order valence-electron chi connectivity index (χ0n) is 10.1. The van der Waals surface area contributed by atoms with Crippen LogP contribution in [0.15, 0.2) is 30.3 Å². The first-order valence-electron chi connectivity index (χ1n) is 6.96. The molecule has 2 aliphatic rings. The van der Waals surface area contributed by atoms with E-state index in [1.54, 1.807) is 5.46 Å². The van der Waals surface area contributed by atoms with Crippen molar-refractivity contribution in [3.8, 4) is 0 Å². The molecule has 84 valence electrons. The minimum atomic E-state index is 0.724. The van der Waals surface area contributed by atoms with E-state index < -0.39 is 0 Å². The maximum Gasteiger partial charge on any atom is 0.181 e. The molecule has 1 aromatic rings. The number of hydrogen-bond acceptors (Lipinski definition) is 0. The molecule has 16 heavy (non-hydrogen) atoms. The summed E-state index contributed by atoms with van der Waals surface area (Å²) < 4.78 is 0. The molecule has 0 atom stereocenters. The minimum Gasteiger partial charge on any atom is -0.0795 e. The van der Waals surface area contributed by atoms with Crippen LogP contribution in [0.3, 0.4) is 0 Å². The molecule has 1 spiro atoms. The fraction of sp³-hybridized carbons (Fsp3) is 0.600. The fourth-order valence-electron chi connectivity index (χ4n) is 3.67. The highest BCUT2D eigenvalue weighted by molar-refractivity contribution is 6.86. The summed E-state index contributed by atoms with van der Waals surface area (Å²) in [5, 5.41) is 0.724. The molecule has 1 saturated carbocycles. The van der Waals surface area contributed by atoms with Crippen LogP contribution in [0.2, 0.25) is 11.6 Å². The Morgan fingerprint density at radius 3 is 2.12 bits per heavy atom. The monoisotopic (exact) mass is 212 g/mol. The van der Waals surface area contributed by atoms with Gasteiger partial charge in [0.05, 0.1) is 0 Å². The Labute approximate surface area is 99.5 Å². The van der Waals surface area contributed by atoms with E-state index in [0.717, 1.165) is 12.0 Å². The molecule has 0 unspecified atom stereocenters. The van der Waals surface area contributed by atoms with Gasteiger partial charge < -0.3 is 0 Å². The number of rotatable bonds is 1. The summed E-state index contributed by atoms with van der Waals surface area (Å²) >= 11 is 0. The van der Waals surface area contributed by atoms with Gasteiger partial charge in [0.1, 0.15) is 0 Å². The van der Waals surface area contributed by atoms with Crippen LogP contribution in [0.1, 0.15) is 44.9 Å². The van der Waals surface area contributed by atoms with Crippen LogP contribution in [0.25, 0.3) is 0 Å². The first-order chi connectivity index (χ1) is 7.91. The second kappa shape index (κ2) is 4.27. The second-order valence-electron chi connectivity index (χ2n) is 5.80. The van der Waals surface area contributed by atoms with Gasteiger partial charge in [-0.05, 0) is 0 Å². The van der Waals surface area contributed by atoms with Crippen LogP contribution in [-0.2, 0) is 0 Å². The lowest BCUT2D eigenvalue weighted by Crippen LogP contribution is -2.20. The highest BCUT2D eigenvalue weighted by Gasteiger charge is 2.55. The third-order valence-electron chi connectivity index (χ3n) is 4.74. The van der Waals surface area contributed by atoms with E-state index in [1.165, 1.54) is 51.3 Å². The van der Waals surface area contributed by atoms with Gasteiger partial charge in [0.25, 0.3) is 0 Å². The summed E-state index contributed by atoms with van der Waals surface area (Å²) in [6.07, 6.45) is 11.8. The van der Waals surface area contributed by atoms with Gasteiger partial charge in [0.15, 0.2) is 6.71 Å². The molecule has 0 aromatic heterocycles. The van der Waals surface area contributed by atoms with Gasteiger partial charge in [-0.2, -0.15) is 0 Å². The zero-order valence-corrected chi connectivity index (χ0v) is 10.1. The van der Waals surface area contributed by atoms with Gasteiger partial charge in [-0.25, -0.2) is 0 Å². The molecule has 1 aliphatic carbocycles. The first kappa shape index (κ1) is 10.4. The normalized spacial score (nSPS) is 23.9. The summed E-state index contributed by atoms with van der Waals surface area (Å²) in [7, 11) is 0. The fourth-order valence-corrected chi connectivity index (χ4v) is 3.67. The van der Waals surface area contributed by atoms with Crippen molar-refractivity contribution in [1.82, 2.24) is 0 Å². The largest absolute Gasteiger partial charge is 0.181 e. The molecule has 1 heteroatoms. The molecule has 3 rings (SSSR count). The molecule has 1 aliphatic heterocycles. The van der Waals surface area contributed by atoms with Crippen LogP contribution in [0.5, 0.6) is 0 Å². The van der Waals surface area contributed by atoms with Gasteiger partial charge in [0, 0.05) is 0 Å². The van der Waals surface area contributed by atoms with Crippen LogP contribution < -0.4 is 5.46 Å². The Kier molecular flexibility index (Phi) is 2.79. The Bertz CT molecular complexity index is 336. The SMILES string of the molecule is c1ccc(B2CC23CCCCCCC3)cc1. The summed E-state index contributed by atoms with van der Waals surface area (Å²) in [5.74, 6) is 0. The van der Waals surface area contributed by atoms with E-state index in [4.69, 9.17) is 0 Å². The molecule has 1 heterocycles. The summed E-state index contributed by atoms with van der Waals surface area (Å²) in [4.78, 5) is 0. The average Bonchev–Trinajstić information content (AvgIpc) is 3.01. The molecular weight excluding hydrogens is 191 g/mol. The zero-order chi connectivity index (χ0) is 10.8. The molecule has 2 fully saturated rings. The van der Waals surface area contributed by atoms with Crippen molar-refractivity contribution in [1.29, 1.82) is 0 Å². The lowest BCUT2D eigenvalue weighted by Gasteiger charge is -2.20. The lowest BCUT2D eigenvalue weighted by atomic mass is 9.53. The molecule has 0 bridgehead atoms. The van der Waals surface area contributed by atoms with Crippen molar-refractivity contribution < 1.29 is 0 Å². The van der Waals surface area contributed by atoms with E-state index in [0.29, 0.717) is 0 Å². The van der Waals surface area contributed by atoms with Gasteiger partial charge in [-0.1, -0.05) is 92.4 Å². The first-order valence-corrected chi connectivity index (χ1v) is 6.96. The van der Waals surface area contributed by atoms with Gasteiger partial charge in [-0.3, -0.25) is 0 Å². The quantitative estimate of drug-likeness (QED) is 0.619. The lowest BCUT2D eigenvalue weighted by molar-refractivity contribution is 0.454. The van der Waals surface area contributed by atoms with Crippen molar-refractivity contribution in [3.05, 3.63) is 30.3 Å². The highest BCUT2D eigenvalue weighted by Crippen LogP contribution is 2.61. The Balaban J connectivity index is 1.72.